The topological polar surface area (TPSA) is 43.1 Å². The Kier molecular flexibility index (Phi) is 3.49. The molecule has 0 aromatic heterocycles. The summed E-state index contributed by atoms with van der Waals surface area (Å²) < 4.78 is 13.2. The Hall–Kier alpha value is -1.53. The largest absolute Gasteiger partial charge is 0.369 e. The van der Waals surface area contributed by atoms with Crippen LogP contribution in [0.4, 0.5) is 4.39 Å². The van der Waals surface area contributed by atoms with E-state index < -0.39 is 11.7 Å². The lowest BCUT2D eigenvalue weighted by Crippen LogP contribution is -2.08. The quantitative estimate of drug-likeness (QED) is 0.706. The van der Waals surface area contributed by atoms with Crippen LogP contribution in [-0.2, 0) is 4.79 Å². The fourth-order valence-corrected chi connectivity index (χ4v) is 1.00. The minimum Gasteiger partial charge on any atom is -0.369 e. The third-order valence-electron chi connectivity index (χ3n) is 1.44. The van der Waals surface area contributed by atoms with Crippen LogP contribution in [-0.4, -0.2) is 5.91 Å². The molecule has 0 fully saturated rings. The molecule has 14 heavy (non-hydrogen) atoms. The predicted octanol–water partition coefficient (Wildman–Crippen LogP) is 1.71. The van der Waals surface area contributed by atoms with Gasteiger partial charge in [0, 0.05) is 0 Å². The zero-order chi connectivity index (χ0) is 10.6. The SMILES string of the molecule is NC(=O)CC#Cc1cccc(Cl)c1F. The van der Waals surface area contributed by atoms with Crippen LogP contribution in [0.15, 0.2) is 18.2 Å². The van der Waals surface area contributed by atoms with E-state index in [2.05, 4.69) is 11.8 Å². The molecule has 2 N–H and O–H groups in total. The van der Waals surface area contributed by atoms with E-state index in [4.69, 9.17) is 17.3 Å². The number of nitrogens with two attached hydrogens (primary N) is 1. The predicted molar refractivity (Wildman–Crippen MR) is 52.1 cm³/mol. The lowest BCUT2D eigenvalue weighted by Gasteiger charge is -1.95. The molecule has 4 heteroatoms. The number of rotatable bonds is 1. The van der Waals surface area contributed by atoms with Gasteiger partial charge in [0.15, 0.2) is 5.82 Å². The molecule has 0 aliphatic carbocycles. The molecule has 1 aromatic rings. The molecule has 0 aliphatic heterocycles. The number of halogens is 2. The number of amides is 1. The minimum absolute atomic E-state index is 0.0101. The lowest BCUT2D eigenvalue weighted by molar-refractivity contribution is -0.117. The second-order valence-corrected chi connectivity index (χ2v) is 2.95. The van der Waals surface area contributed by atoms with Crippen molar-refractivity contribution in [1.82, 2.24) is 0 Å². The Labute approximate surface area is 85.9 Å². The molecule has 0 radical (unpaired) electrons. The number of hydrogen-bond acceptors (Lipinski definition) is 1. The van der Waals surface area contributed by atoms with Crippen LogP contribution in [0.5, 0.6) is 0 Å². The highest BCUT2D eigenvalue weighted by atomic mass is 35.5. The second kappa shape index (κ2) is 4.64. The standard InChI is InChI=1S/C10H7ClFNO/c11-8-5-1-3-7(10(8)12)4-2-6-9(13)14/h1,3,5H,6H2,(H2,13,14). The Bertz CT molecular complexity index is 420. The van der Waals surface area contributed by atoms with Crippen molar-refractivity contribution < 1.29 is 9.18 Å². The summed E-state index contributed by atoms with van der Waals surface area (Å²) in [6.07, 6.45) is -0.0913. The highest BCUT2D eigenvalue weighted by Gasteiger charge is 2.02. The van der Waals surface area contributed by atoms with Gasteiger partial charge in [-0.1, -0.05) is 29.5 Å². The highest BCUT2D eigenvalue weighted by Crippen LogP contribution is 2.16. The van der Waals surface area contributed by atoms with E-state index in [-0.39, 0.29) is 17.0 Å². The number of carbonyl (C=O) groups is 1. The second-order valence-electron chi connectivity index (χ2n) is 2.55. The van der Waals surface area contributed by atoms with Gasteiger partial charge in [0.25, 0.3) is 0 Å². The normalized spacial score (nSPS) is 9.00. The summed E-state index contributed by atoms with van der Waals surface area (Å²) in [7, 11) is 0. The summed E-state index contributed by atoms with van der Waals surface area (Å²) in [4.78, 5) is 10.3. The first-order valence-electron chi connectivity index (χ1n) is 3.82. The number of primary amides is 1. The molecular weight excluding hydrogens is 205 g/mol. The molecule has 0 heterocycles. The van der Waals surface area contributed by atoms with Gasteiger partial charge in [-0.2, -0.15) is 0 Å². The molecule has 0 spiro atoms. The Morgan fingerprint density at radius 2 is 2.29 bits per heavy atom. The number of hydrogen-bond donors (Lipinski definition) is 1. The van der Waals surface area contributed by atoms with Gasteiger partial charge < -0.3 is 5.73 Å². The minimum atomic E-state index is -0.578. The summed E-state index contributed by atoms with van der Waals surface area (Å²) in [6.45, 7) is 0. The number of carbonyl (C=O) groups excluding carboxylic acids is 1. The van der Waals surface area contributed by atoms with Gasteiger partial charge in [0.2, 0.25) is 5.91 Å². The Morgan fingerprint density at radius 3 is 2.93 bits per heavy atom. The van der Waals surface area contributed by atoms with Crippen LogP contribution in [0.25, 0.3) is 0 Å². The van der Waals surface area contributed by atoms with Crippen LogP contribution in [0.1, 0.15) is 12.0 Å². The van der Waals surface area contributed by atoms with E-state index in [9.17, 15) is 9.18 Å². The molecule has 0 aliphatic rings. The summed E-state index contributed by atoms with van der Waals surface area (Å²) in [5, 5.41) is 0.0101. The van der Waals surface area contributed by atoms with Crippen molar-refractivity contribution in [3.63, 3.8) is 0 Å². The highest BCUT2D eigenvalue weighted by molar-refractivity contribution is 6.30. The van der Waals surface area contributed by atoms with Gasteiger partial charge >= 0.3 is 0 Å². The summed E-state index contributed by atoms with van der Waals surface area (Å²) >= 11 is 5.52. The number of benzene rings is 1. The van der Waals surface area contributed by atoms with Crippen LogP contribution in [0.3, 0.4) is 0 Å². The van der Waals surface area contributed by atoms with E-state index in [1.54, 1.807) is 6.07 Å². The average molecular weight is 212 g/mol. The van der Waals surface area contributed by atoms with Gasteiger partial charge in [0.05, 0.1) is 17.0 Å². The van der Waals surface area contributed by atoms with Gasteiger partial charge in [0.1, 0.15) is 0 Å². The average Bonchev–Trinajstić information content (AvgIpc) is 2.12. The molecule has 0 unspecified atom stereocenters. The van der Waals surface area contributed by atoms with Crippen LogP contribution in [0, 0.1) is 17.7 Å². The Morgan fingerprint density at radius 1 is 1.57 bits per heavy atom. The van der Waals surface area contributed by atoms with Gasteiger partial charge in [-0.15, -0.1) is 0 Å². The van der Waals surface area contributed by atoms with Gasteiger partial charge in [-0.3, -0.25) is 4.79 Å². The van der Waals surface area contributed by atoms with E-state index in [0.717, 1.165) is 0 Å². The molecule has 72 valence electrons. The van der Waals surface area contributed by atoms with Crippen molar-refractivity contribution in [2.45, 2.75) is 6.42 Å². The summed E-state index contributed by atoms with van der Waals surface area (Å²) in [5.41, 5.74) is 5.03. The van der Waals surface area contributed by atoms with Crippen molar-refractivity contribution in [2.75, 3.05) is 0 Å². The fraction of sp³-hybridized carbons (Fsp3) is 0.100. The Balaban J connectivity index is 2.90. The smallest absolute Gasteiger partial charge is 0.229 e. The molecule has 1 aromatic carbocycles. The first-order chi connectivity index (χ1) is 6.61. The van der Waals surface area contributed by atoms with Crippen molar-refractivity contribution in [2.24, 2.45) is 5.73 Å². The van der Waals surface area contributed by atoms with Crippen molar-refractivity contribution in [3.05, 3.63) is 34.6 Å². The van der Waals surface area contributed by atoms with Crippen LogP contribution in [0.2, 0.25) is 5.02 Å². The van der Waals surface area contributed by atoms with Crippen molar-refractivity contribution in [3.8, 4) is 11.8 Å². The molecule has 1 amide bonds. The summed E-state index contributed by atoms with van der Waals surface area (Å²) in [5.74, 6) is 3.80. The fourth-order valence-electron chi connectivity index (χ4n) is 0.827. The third kappa shape index (κ3) is 2.75. The molecule has 2 nitrogen and oxygen atoms in total. The molecule has 1 rings (SSSR count). The van der Waals surface area contributed by atoms with Gasteiger partial charge in [-0.25, -0.2) is 4.39 Å². The molecular formula is C10H7ClFNO. The van der Waals surface area contributed by atoms with Crippen LogP contribution < -0.4 is 5.73 Å². The summed E-state index contributed by atoms with van der Waals surface area (Å²) in [6, 6.07) is 4.49. The van der Waals surface area contributed by atoms with Crippen molar-refractivity contribution >= 4 is 17.5 Å². The maximum atomic E-state index is 13.2. The van der Waals surface area contributed by atoms with Crippen molar-refractivity contribution in [1.29, 1.82) is 0 Å². The van der Waals surface area contributed by atoms with E-state index in [1.165, 1.54) is 12.1 Å². The molecule has 0 saturated carbocycles. The first-order valence-corrected chi connectivity index (χ1v) is 4.20. The van der Waals surface area contributed by atoms with E-state index >= 15 is 0 Å². The maximum Gasteiger partial charge on any atom is 0.229 e. The van der Waals surface area contributed by atoms with E-state index in [1.807, 2.05) is 0 Å². The molecule has 0 atom stereocenters. The zero-order valence-corrected chi connectivity index (χ0v) is 7.94. The van der Waals surface area contributed by atoms with Crippen LogP contribution >= 0.6 is 11.6 Å². The maximum absolute atomic E-state index is 13.2. The van der Waals surface area contributed by atoms with E-state index in [0.29, 0.717) is 0 Å². The zero-order valence-electron chi connectivity index (χ0n) is 7.18. The molecule has 0 saturated heterocycles. The third-order valence-corrected chi connectivity index (χ3v) is 1.73. The molecule has 0 bridgehead atoms. The lowest BCUT2D eigenvalue weighted by atomic mass is 10.2. The van der Waals surface area contributed by atoms with Gasteiger partial charge in [-0.05, 0) is 12.1 Å². The first kappa shape index (κ1) is 10.6. The monoisotopic (exact) mass is 211 g/mol.